The van der Waals surface area contributed by atoms with Gasteiger partial charge in [0.15, 0.2) is 11.2 Å². The lowest BCUT2D eigenvalue weighted by Gasteiger charge is -2.09. The summed E-state index contributed by atoms with van der Waals surface area (Å²) >= 11 is 3.49. The Balaban J connectivity index is 1.95. The topological polar surface area (TPSA) is 61.8 Å². The van der Waals surface area contributed by atoms with Gasteiger partial charge in [-0.15, -0.1) is 0 Å². The maximum Gasteiger partial charge on any atom is 0.332 e. The second-order valence-corrected chi connectivity index (χ2v) is 7.72. The highest BCUT2D eigenvalue weighted by Crippen LogP contribution is 2.18. The molecule has 4 aromatic rings. The third kappa shape index (κ3) is 3.61. The van der Waals surface area contributed by atoms with Crippen LogP contribution in [0.25, 0.3) is 23.3 Å². The molecule has 2 heterocycles. The Morgan fingerprint density at radius 3 is 2.45 bits per heavy atom. The minimum Gasteiger partial charge on any atom is -0.314 e. The second kappa shape index (κ2) is 7.67. The first-order valence-electron chi connectivity index (χ1n) is 9.09. The van der Waals surface area contributed by atoms with Gasteiger partial charge >= 0.3 is 5.69 Å². The minimum atomic E-state index is -0.395. The number of fused-ring (bicyclic) bond motifs is 1. The van der Waals surface area contributed by atoms with E-state index in [0.717, 1.165) is 20.2 Å². The van der Waals surface area contributed by atoms with Crippen LogP contribution in [0.15, 0.2) is 68.7 Å². The van der Waals surface area contributed by atoms with E-state index in [9.17, 15) is 9.59 Å². The Bertz CT molecular complexity index is 1350. The van der Waals surface area contributed by atoms with E-state index in [1.54, 1.807) is 7.05 Å². The van der Waals surface area contributed by atoms with Gasteiger partial charge in [0.1, 0.15) is 5.82 Å². The van der Waals surface area contributed by atoms with Crippen molar-refractivity contribution in [3.8, 4) is 0 Å². The molecule has 0 N–H and O–H groups in total. The number of benzene rings is 2. The summed E-state index contributed by atoms with van der Waals surface area (Å²) in [6.07, 6.45) is 3.82. The summed E-state index contributed by atoms with van der Waals surface area (Å²) < 4.78 is 5.35. The van der Waals surface area contributed by atoms with Gasteiger partial charge in [-0.1, -0.05) is 64.5 Å². The molecule has 0 saturated carbocycles. The number of halogens is 1. The van der Waals surface area contributed by atoms with Crippen LogP contribution in [0.5, 0.6) is 0 Å². The van der Waals surface area contributed by atoms with Gasteiger partial charge in [0, 0.05) is 25.1 Å². The predicted octanol–water partition coefficient (Wildman–Crippen LogP) is 3.41. The zero-order valence-electron chi connectivity index (χ0n) is 16.0. The number of nitrogens with zero attached hydrogens (tertiary/aromatic N) is 4. The fourth-order valence-electron chi connectivity index (χ4n) is 3.30. The van der Waals surface area contributed by atoms with E-state index in [1.165, 1.54) is 11.6 Å². The van der Waals surface area contributed by atoms with Crippen molar-refractivity contribution in [2.75, 3.05) is 0 Å². The van der Waals surface area contributed by atoms with Crippen LogP contribution >= 0.6 is 15.9 Å². The monoisotopic (exact) mass is 450 g/mol. The van der Waals surface area contributed by atoms with Crippen LogP contribution in [0.1, 0.15) is 17.0 Å². The molecule has 29 heavy (non-hydrogen) atoms. The van der Waals surface area contributed by atoms with E-state index in [2.05, 4.69) is 20.9 Å². The number of rotatable bonds is 4. The largest absolute Gasteiger partial charge is 0.332 e. The van der Waals surface area contributed by atoms with Crippen molar-refractivity contribution in [2.45, 2.75) is 6.54 Å². The molecule has 0 fully saturated rings. The van der Waals surface area contributed by atoms with Gasteiger partial charge in [0.05, 0.1) is 0 Å². The number of imidazole rings is 1. The van der Waals surface area contributed by atoms with Gasteiger partial charge < -0.3 is 4.57 Å². The lowest BCUT2D eigenvalue weighted by Crippen LogP contribution is -2.37. The Labute approximate surface area is 175 Å². The molecule has 0 bridgehead atoms. The van der Waals surface area contributed by atoms with Crippen molar-refractivity contribution < 1.29 is 0 Å². The summed E-state index contributed by atoms with van der Waals surface area (Å²) in [5.74, 6) is 0.613. The number of hydrogen-bond donors (Lipinski definition) is 0. The van der Waals surface area contributed by atoms with Crippen LogP contribution in [0.2, 0.25) is 0 Å². The maximum absolute atomic E-state index is 12.9. The number of aryl methyl sites for hydroxylation is 1. The average molecular weight is 451 g/mol. The quantitative estimate of drug-likeness (QED) is 0.478. The lowest BCUT2D eigenvalue weighted by atomic mass is 10.2. The standard InChI is InChI=1S/C22H19BrN4O2/c1-25-20-19(21(28)26(2)22(25)29)27(14-16-9-6-10-17(23)13-16)18(24-20)12-11-15-7-4-3-5-8-15/h3-13H,14H2,1-2H3/b12-11+. The van der Waals surface area contributed by atoms with Crippen molar-refractivity contribution in [2.24, 2.45) is 14.1 Å². The first-order valence-corrected chi connectivity index (χ1v) is 9.89. The first-order chi connectivity index (χ1) is 14.0. The zero-order chi connectivity index (χ0) is 20.5. The third-order valence-electron chi connectivity index (χ3n) is 4.83. The van der Waals surface area contributed by atoms with Crippen molar-refractivity contribution in [1.82, 2.24) is 18.7 Å². The summed E-state index contributed by atoms with van der Waals surface area (Å²) in [7, 11) is 3.12. The molecule has 0 atom stereocenters. The van der Waals surface area contributed by atoms with Gasteiger partial charge in [-0.3, -0.25) is 13.9 Å². The third-order valence-corrected chi connectivity index (χ3v) is 5.32. The highest BCUT2D eigenvalue weighted by Gasteiger charge is 2.18. The molecular weight excluding hydrogens is 432 g/mol. The van der Waals surface area contributed by atoms with Gasteiger partial charge in [0.25, 0.3) is 5.56 Å². The van der Waals surface area contributed by atoms with E-state index in [1.807, 2.05) is 71.3 Å². The zero-order valence-corrected chi connectivity index (χ0v) is 17.6. The fourth-order valence-corrected chi connectivity index (χ4v) is 3.75. The molecule has 0 unspecified atom stereocenters. The van der Waals surface area contributed by atoms with Gasteiger partial charge in [-0.05, 0) is 29.3 Å². The van der Waals surface area contributed by atoms with Crippen LogP contribution in [0.4, 0.5) is 0 Å². The van der Waals surface area contributed by atoms with Crippen LogP contribution in [-0.4, -0.2) is 18.7 Å². The van der Waals surface area contributed by atoms with Crippen LogP contribution in [0, 0.1) is 0 Å². The van der Waals surface area contributed by atoms with Crippen molar-refractivity contribution in [3.05, 3.63) is 96.9 Å². The molecule has 4 rings (SSSR count). The molecule has 0 aliphatic carbocycles. The molecular formula is C22H19BrN4O2. The summed E-state index contributed by atoms with van der Waals surface area (Å²) in [4.78, 5) is 29.9. The Morgan fingerprint density at radius 1 is 0.966 bits per heavy atom. The van der Waals surface area contributed by atoms with E-state index >= 15 is 0 Å². The van der Waals surface area contributed by atoms with Gasteiger partial charge in [0.2, 0.25) is 0 Å². The smallest absolute Gasteiger partial charge is 0.314 e. The average Bonchev–Trinajstić information content (AvgIpc) is 3.08. The summed E-state index contributed by atoms with van der Waals surface area (Å²) in [6.45, 7) is 0.456. The lowest BCUT2D eigenvalue weighted by molar-refractivity contribution is 0.702. The molecule has 0 spiro atoms. The molecule has 6 nitrogen and oxygen atoms in total. The van der Waals surface area contributed by atoms with Crippen LogP contribution in [0.3, 0.4) is 0 Å². The molecule has 0 saturated heterocycles. The SMILES string of the molecule is Cn1c(=O)c2c(nc(/C=C/c3ccccc3)n2Cc2cccc(Br)c2)n(C)c1=O. The number of hydrogen-bond acceptors (Lipinski definition) is 3. The normalized spacial score (nSPS) is 11.6. The van der Waals surface area contributed by atoms with Crippen LogP contribution in [-0.2, 0) is 20.6 Å². The molecule has 2 aromatic carbocycles. The molecule has 0 radical (unpaired) electrons. The Hall–Kier alpha value is -3.19. The molecule has 0 amide bonds. The van der Waals surface area contributed by atoms with Crippen LogP contribution < -0.4 is 11.2 Å². The Kier molecular flexibility index (Phi) is 5.07. The highest BCUT2D eigenvalue weighted by molar-refractivity contribution is 9.10. The summed E-state index contributed by atoms with van der Waals surface area (Å²) in [5, 5.41) is 0. The van der Waals surface area contributed by atoms with Gasteiger partial charge in [-0.25, -0.2) is 9.78 Å². The molecule has 0 aliphatic heterocycles. The molecule has 2 aromatic heterocycles. The summed E-state index contributed by atoms with van der Waals surface area (Å²) in [6, 6.07) is 17.8. The second-order valence-electron chi connectivity index (χ2n) is 6.81. The van der Waals surface area contributed by atoms with E-state index in [0.29, 0.717) is 23.5 Å². The minimum absolute atomic E-state index is 0.357. The maximum atomic E-state index is 12.9. The van der Waals surface area contributed by atoms with Crippen molar-refractivity contribution in [3.63, 3.8) is 0 Å². The molecule has 7 heteroatoms. The van der Waals surface area contributed by atoms with E-state index < -0.39 is 5.69 Å². The molecule has 146 valence electrons. The first kappa shape index (κ1) is 19.1. The Morgan fingerprint density at radius 2 is 1.72 bits per heavy atom. The van der Waals surface area contributed by atoms with Gasteiger partial charge in [-0.2, -0.15) is 0 Å². The predicted molar refractivity (Wildman–Crippen MR) is 119 cm³/mol. The van der Waals surface area contributed by atoms with E-state index in [4.69, 9.17) is 0 Å². The van der Waals surface area contributed by atoms with Crippen molar-refractivity contribution in [1.29, 1.82) is 0 Å². The van der Waals surface area contributed by atoms with E-state index in [-0.39, 0.29) is 5.56 Å². The van der Waals surface area contributed by atoms with Crippen molar-refractivity contribution >= 4 is 39.2 Å². The highest BCUT2D eigenvalue weighted by atomic mass is 79.9. The molecule has 0 aliphatic rings. The number of aromatic nitrogens is 4. The summed E-state index contributed by atoms with van der Waals surface area (Å²) in [5.41, 5.74) is 2.07. The fraction of sp³-hybridized carbons (Fsp3) is 0.136.